The molecule has 0 atom stereocenters. The molecule has 0 spiro atoms. The van der Waals surface area contributed by atoms with E-state index in [9.17, 15) is 4.79 Å². The number of fused-ring (bicyclic) bond motifs is 2. The molecule has 0 aliphatic heterocycles. The predicted octanol–water partition coefficient (Wildman–Crippen LogP) is 1.37. The van der Waals surface area contributed by atoms with E-state index in [1.807, 2.05) is 38.8 Å². The molecule has 104 valence electrons. The molecule has 1 amide bonds. The van der Waals surface area contributed by atoms with Crippen molar-refractivity contribution in [2.24, 2.45) is 0 Å². The molecular formula is C13H10N6OS. The third-order valence-electron chi connectivity index (χ3n) is 3.04. The van der Waals surface area contributed by atoms with Crippen LogP contribution in [0, 0.1) is 0 Å². The van der Waals surface area contributed by atoms with E-state index in [4.69, 9.17) is 0 Å². The van der Waals surface area contributed by atoms with Crippen molar-refractivity contribution in [3.63, 3.8) is 0 Å². The van der Waals surface area contributed by atoms with Crippen LogP contribution >= 0.6 is 11.3 Å². The number of nitrogens with one attached hydrogen (secondary N) is 1. The fourth-order valence-electron chi connectivity index (χ4n) is 2.06. The van der Waals surface area contributed by atoms with E-state index in [-0.39, 0.29) is 5.91 Å². The van der Waals surface area contributed by atoms with Crippen LogP contribution < -0.4 is 5.32 Å². The zero-order valence-corrected chi connectivity index (χ0v) is 11.6. The Kier molecular flexibility index (Phi) is 2.68. The molecule has 0 aliphatic rings. The van der Waals surface area contributed by atoms with Crippen LogP contribution in [-0.4, -0.2) is 29.7 Å². The molecule has 0 saturated heterocycles. The van der Waals surface area contributed by atoms with Crippen molar-refractivity contribution in [2.75, 3.05) is 0 Å². The van der Waals surface area contributed by atoms with Crippen LogP contribution in [0.25, 0.3) is 10.7 Å². The Morgan fingerprint density at radius 1 is 1.24 bits per heavy atom. The highest BCUT2D eigenvalue weighted by atomic mass is 32.1. The first-order valence-electron chi connectivity index (χ1n) is 6.28. The summed E-state index contributed by atoms with van der Waals surface area (Å²) in [5, 5.41) is 4.74. The molecule has 7 nitrogen and oxygen atoms in total. The Bertz CT molecular complexity index is 875. The van der Waals surface area contributed by atoms with Crippen LogP contribution in [0.1, 0.15) is 16.2 Å². The number of hydrogen-bond acceptors (Lipinski definition) is 5. The van der Waals surface area contributed by atoms with Gasteiger partial charge in [-0.3, -0.25) is 13.6 Å². The molecule has 1 N–H and O–H groups in total. The van der Waals surface area contributed by atoms with Crippen molar-refractivity contribution in [1.82, 2.24) is 29.1 Å². The maximum atomic E-state index is 12.1. The van der Waals surface area contributed by atoms with Gasteiger partial charge in [0, 0.05) is 36.4 Å². The summed E-state index contributed by atoms with van der Waals surface area (Å²) in [5.74, 6) is 0.403. The zero-order chi connectivity index (χ0) is 14.2. The van der Waals surface area contributed by atoms with Crippen LogP contribution in [0.5, 0.6) is 0 Å². The van der Waals surface area contributed by atoms with Gasteiger partial charge in [-0.15, -0.1) is 11.3 Å². The molecule has 0 aromatic carbocycles. The van der Waals surface area contributed by atoms with Crippen molar-refractivity contribution in [3.05, 3.63) is 53.8 Å². The third kappa shape index (κ3) is 2.15. The molecule has 4 aromatic heterocycles. The largest absolute Gasteiger partial charge is 0.345 e. The summed E-state index contributed by atoms with van der Waals surface area (Å²) >= 11 is 1.49. The SMILES string of the molecule is O=C(NCc1cn2cccnc2n1)c1cn2ccsc2n1. The lowest BCUT2D eigenvalue weighted by Gasteiger charge is -1.99. The highest BCUT2D eigenvalue weighted by Gasteiger charge is 2.11. The van der Waals surface area contributed by atoms with Gasteiger partial charge in [-0.1, -0.05) is 0 Å². The molecule has 4 heterocycles. The van der Waals surface area contributed by atoms with Gasteiger partial charge in [0.2, 0.25) is 5.78 Å². The van der Waals surface area contributed by atoms with Crippen LogP contribution in [0.2, 0.25) is 0 Å². The van der Waals surface area contributed by atoms with Gasteiger partial charge >= 0.3 is 0 Å². The molecule has 0 radical (unpaired) electrons. The van der Waals surface area contributed by atoms with Gasteiger partial charge in [-0.2, -0.15) is 0 Å². The number of carbonyl (C=O) groups is 1. The normalized spacial score (nSPS) is 11.2. The standard InChI is InChI=1S/C13H10N6OS/c20-11(10-8-19-4-5-21-13(19)17-10)15-6-9-7-18-3-1-2-14-12(18)16-9/h1-5,7-8H,6H2,(H,15,20). The monoisotopic (exact) mass is 298 g/mol. The van der Waals surface area contributed by atoms with Crippen LogP contribution in [0.3, 0.4) is 0 Å². The molecular weight excluding hydrogens is 288 g/mol. The lowest BCUT2D eigenvalue weighted by atomic mass is 10.4. The number of thiazole rings is 1. The number of hydrogen-bond donors (Lipinski definition) is 1. The number of imidazole rings is 2. The first kappa shape index (κ1) is 12.0. The first-order valence-corrected chi connectivity index (χ1v) is 7.16. The summed E-state index contributed by atoms with van der Waals surface area (Å²) in [6.45, 7) is 0.341. The topological polar surface area (TPSA) is 76.6 Å². The van der Waals surface area contributed by atoms with E-state index in [1.54, 1.807) is 12.4 Å². The minimum absolute atomic E-state index is 0.212. The summed E-state index contributed by atoms with van der Waals surface area (Å²) in [4.78, 5) is 25.6. The number of nitrogens with zero attached hydrogens (tertiary/aromatic N) is 5. The fourth-order valence-corrected chi connectivity index (χ4v) is 2.76. The maximum Gasteiger partial charge on any atom is 0.271 e. The van der Waals surface area contributed by atoms with E-state index >= 15 is 0 Å². The predicted molar refractivity (Wildman–Crippen MR) is 77.2 cm³/mol. The Morgan fingerprint density at radius 3 is 3.05 bits per heavy atom. The van der Waals surface area contributed by atoms with E-state index in [1.165, 1.54) is 11.3 Å². The van der Waals surface area contributed by atoms with Gasteiger partial charge in [0.15, 0.2) is 4.96 Å². The second-order valence-corrected chi connectivity index (χ2v) is 5.33. The average molecular weight is 298 g/mol. The Labute approximate surface area is 122 Å². The second-order valence-electron chi connectivity index (χ2n) is 4.46. The Morgan fingerprint density at radius 2 is 2.19 bits per heavy atom. The van der Waals surface area contributed by atoms with Gasteiger partial charge < -0.3 is 5.32 Å². The van der Waals surface area contributed by atoms with Crippen LogP contribution in [0.15, 0.2) is 42.4 Å². The van der Waals surface area contributed by atoms with Gasteiger partial charge in [-0.25, -0.2) is 15.0 Å². The summed E-state index contributed by atoms with van der Waals surface area (Å²) < 4.78 is 3.64. The molecule has 21 heavy (non-hydrogen) atoms. The van der Waals surface area contributed by atoms with Crippen molar-refractivity contribution >= 4 is 28.0 Å². The lowest BCUT2D eigenvalue weighted by molar-refractivity contribution is 0.0946. The molecule has 0 fully saturated rings. The van der Waals surface area contributed by atoms with Gasteiger partial charge in [0.1, 0.15) is 5.69 Å². The quantitative estimate of drug-likeness (QED) is 0.620. The minimum atomic E-state index is -0.212. The number of carbonyl (C=O) groups excluding carboxylic acids is 1. The zero-order valence-electron chi connectivity index (χ0n) is 10.8. The average Bonchev–Trinajstić information content (AvgIpc) is 3.17. The van der Waals surface area contributed by atoms with Crippen molar-refractivity contribution < 1.29 is 4.79 Å². The Hall–Kier alpha value is -2.74. The lowest BCUT2D eigenvalue weighted by Crippen LogP contribution is -2.23. The van der Waals surface area contributed by atoms with Crippen molar-refractivity contribution in [1.29, 1.82) is 0 Å². The highest BCUT2D eigenvalue weighted by molar-refractivity contribution is 7.15. The minimum Gasteiger partial charge on any atom is -0.345 e. The van der Waals surface area contributed by atoms with Crippen LogP contribution in [-0.2, 0) is 6.54 Å². The van der Waals surface area contributed by atoms with Crippen LogP contribution in [0.4, 0.5) is 0 Å². The molecule has 0 bridgehead atoms. The molecule has 4 rings (SSSR count). The number of amides is 1. The summed E-state index contributed by atoms with van der Waals surface area (Å²) in [5.41, 5.74) is 1.16. The smallest absolute Gasteiger partial charge is 0.271 e. The fraction of sp³-hybridized carbons (Fsp3) is 0.0769. The van der Waals surface area contributed by atoms with Gasteiger partial charge in [0.25, 0.3) is 5.91 Å². The van der Waals surface area contributed by atoms with E-state index in [0.29, 0.717) is 18.0 Å². The molecule has 0 aliphatic carbocycles. The first-order chi connectivity index (χ1) is 10.3. The second kappa shape index (κ2) is 4.67. The van der Waals surface area contributed by atoms with E-state index in [2.05, 4.69) is 20.3 Å². The van der Waals surface area contributed by atoms with Crippen molar-refractivity contribution in [3.8, 4) is 0 Å². The third-order valence-corrected chi connectivity index (χ3v) is 3.81. The van der Waals surface area contributed by atoms with Gasteiger partial charge in [-0.05, 0) is 6.07 Å². The van der Waals surface area contributed by atoms with Gasteiger partial charge in [0.05, 0.1) is 12.2 Å². The number of aromatic nitrogens is 5. The van der Waals surface area contributed by atoms with Crippen molar-refractivity contribution in [2.45, 2.75) is 6.54 Å². The molecule has 0 unspecified atom stereocenters. The summed E-state index contributed by atoms with van der Waals surface area (Å²) in [7, 11) is 0. The summed E-state index contributed by atoms with van der Waals surface area (Å²) in [6.07, 6.45) is 8.98. The molecule has 4 aromatic rings. The number of rotatable bonds is 3. The summed E-state index contributed by atoms with van der Waals surface area (Å²) in [6, 6.07) is 1.83. The van der Waals surface area contributed by atoms with E-state index < -0.39 is 0 Å². The maximum absolute atomic E-state index is 12.1. The molecule has 8 heteroatoms. The van der Waals surface area contributed by atoms with E-state index in [0.717, 1.165) is 10.7 Å². The highest BCUT2D eigenvalue weighted by Crippen LogP contribution is 2.11. The Balaban J connectivity index is 1.50. The molecule has 0 saturated carbocycles.